The Morgan fingerprint density at radius 2 is 1.64 bits per heavy atom. The fourth-order valence-electron chi connectivity index (χ4n) is 11.3. The summed E-state index contributed by atoms with van der Waals surface area (Å²) in [5.74, 6) is 0.0749. The van der Waals surface area contributed by atoms with Crippen molar-refractivity contribution in [1.29, 1.82) is 0 Å². The third kappa shape index (κ3) is 3.35. The van der Waals surface area contributed by atoms with Crippen molar-refractivity contribution in [1.82, 2.24) is 0 Å². The van der Waals surface area contributed by atoms with E-state index in [9.17, 15) is 20.1 Å². The predicted octanol–water partition coefficient (Wildman–Crippen LogP) is 6.26. The Morgan fingerprint density at radius 3 is 2.25 bits per heavy atom. The second-order valence-corrected chi connectivity index (χ2v) is 15.0. The van der Waals surface area contributed by atoms with Gasteiger partial charge in [0.2, 0.25) is 0 Å². The number of aliphatic hydroxyl groups excluding tert-OH is 1. The maximum Gasteiger partial charge on any atom is 0.310 e. The van der Waals surface area contributed by atoms with Crippen LogP contribution >= 0.6 is 0 Å². The smallest absolute Gasteiger partial charge is 0.310 e. The predicted molar refractivity (Wildman–Crippen MR) is 138 cm³/mol. The van der Waals surface area contributed by atoms with Crippen molar-refractivity contribution < 1.29 is 52.8 Å². The summed E-state index contributed by atoms with van der Waals surface area (Å²) in [6, 6.07) is 0. The molecule has 0 aromatic heterocycles. The Kier molecular flexibility index (Phi) is 6.99. The number of hydrogen-bond donors (Lipinski definition) is 3. The standard InChI is InChI=1S/C31H49O4.Y/c1-18-17-27(5)21(26(3,4)24(18)32)12-13-29(7)22(27)10-9-20-23-30(8,35)19(2)11-14-31(23,25(33)34)16-15-28(20,29)6;/h9,18-19,21-24,32,35H,3,10-17H2,1-2,4-8H3,(H,33,34);/q-1;. The van der Waals surface area contributed by atoms with Crippen molar-refractivity contribution in [2.24, 2.45) is 56.7 Å². The van der Waals surface area contributed by atoms with Gasteiger partial charge < -0.3 is 22.2 Å². The maximum atomic E-state index is 12.9. The molecule has 4 nitrogen and oxygen atoms in total. The summed E-state index contributed by atoms with van der Waals surface area (Å²) >= 11 is 0. The first-order valence-electron chi connectivity index (χ1n) is 14.2. The molecule has 5 aliphatic rings. The van der Waals surface area contributed by atoms with Crippen molar-refractivity contribution in [3.05, 3.63) is 18.6 Å². The van der Waals surface area contributed by atoms with Crippen LogP contribution in [-0.2, 0) is 37.5 Å². The second kappa shape index (κ2) is 8.61. The van der Waals surface area contributed by atoms with Gasteiger partial charge in [-0.25, -0.2) is 0 Å². The van der Waals surface area contributed by atoms with E-state index in [0.717, 1.165) is 38.5 Å². The van der Waals surface area contributed by atoms with Crippen LogP contribution in [0.3, 0.4) is 0 Å². The third-order valence-electron chi connectivity index (χ3n) is 13.5. The van der Waals surface area contributed by atoms with Crippen LogP contribution < -0.4 is 0 Å². The number of carboxylic acids is 1. The molecule has 4 fully saturated rings. The van der Waals surface area contributed by atoms with E-state index in [1.54, 1.807) is 0 Å². The molecule has 0 saturated heterocycles. The van der Waals surface area contributed by atoms with Gasteiger partial charge in [-0.2, -0.15) is 0 Å². The zero-order valence-electron chi connectivity index (χ0n) is 23.7. The van der Waals surface area contributed by atoms with Gasteiger partial charge in [0.05, 0.1) is 11.0 Å². The van der Waals surface area contributed by atoms with Crippen LogP contribution in [0.2, 0.25) is 0 Å². The van der Waals surface area contributed by atoms with E-state index >= 15 is 0 Å². The molecule has 5 rings (SSSR count). The van der Waals surface area contributed by atoms with Crippen molar-refractivity contribution >= 4 is 5.97 Å². The van der Waals surface area contributed by atoms with Crippen LogP contribution in [0, 0.1) is 63.6 Å². The average molecular weight is 575 g/mol. The number of fused-ring (bicyclic) bond motifs is 7. The molecule has 5 heteroatoms. The van der Waals surface area contributed by atoms with Gasteiger partial charge in [-0.3, -0.25) is 4.79 Å². The van der Waals surface area contributed by atoms with E-state index in [-0.39, 0.29) is 78.2 Å². The molecule has 3 N–H and O–H groups in total. The summed E-state index contributed by atoms with van der Waals surface area (Å²) < 4.78 is 0. The molecule has 0 heterocycles. The van der Waals surface area contributed by atoms with Gasteiger partial charge >= 0.3 is 5.97 Å². The largest absolute Gasteiger partial charge is 0.481 e. The van der Waals surface area contributed by atoms with Crippen molar-refractivity contribution in [3.63, 3.8) is 0 Å². The minimum Gasteiger partial charge on any atom is -0.481 e. The van der Waals surface area contributed by atoms with Gasteiger partial charge in [0.15, 0.2) is 0 Å². The van der Waals surface area contributed by atoms with Gasteiger partial charge in [0.1, 0.15) is 0 Å². The molecular formula is C31H49O4Y-. The topological polar surface area (TPSA) is 77.8 Å². The minimum atomic E-state index is -1.02. The normalized spacial score (nSPS) is 58.2. The molecule has 4 saturated carbocycles. The van der Waals surface area contributed by atoms with Crippen LogP contribution in [0.4, 0.5) is 0 Å². The van der Waals surface area contributed by atoms with E-state index in [1.165, 1.54) is 5.57 Å². The first-order chi connectivity index (χ1) is 16.0. The Labute approximate surface area is 244 Å². The summed E-state index contributed by atoms with van der Waals surface area (Å²) in [6.07, 6.45) is 9.04. The molecule has 1 radical (unpaired) electrons. The molecule has 0 bridgehead atoms. The Morgan fingerprint density at radius 1 is 1.00 bits per heavy atom. The average Bonchev–Trinajstić information content (AvgIpc) is 2.75. The quantitative estimate of drug-likeness (QED) is 0.255. The molecule has 0 aromatic carbocycles. The number of hydrogen-bond acceptors (Lipinski definition) is 3. The van der Waals surface area contributed by atoms with E-state index in [4.69, 9.17) is 0 Å². The van der Waals surface area contributed by atoms with Crippen LogP contribution in [0.25, 0.3) is 0 Å². The van der Waals surface area contributed by atoms with Gasteiger partial charge in [-0.1, -0.05) is 65.5 Å². The number of carbonyl (C=O) groups is 1. The summed E-state index contributed by atoms with van der Waals surface area (Å²) in [7, 11) is 0. The molecule has 0 amide bonds. The number of carboxylic acid groups (broad SMARTS) is 1. The monoisotopic (exact) mass is 574 g/mol. The minimum absolute atomic E-state index is 0. The Bertz CT molecular complexity index is 956. The fourth-order valence-corrected chi connectivity index (χ4v) is 11.3. The van der Waals surface area contributed by atoms with E-state index in [0.29, 0.717) is 24.7 Å². The summed E-state index contributed by atoms with van der Waals surface area (Å²) in [6.45, 7) is 20.3. The van der Waals surface area contributed by atoms with Crippen molar-refractivity contribution in [2.45, 2.75) is 112 Å². The first-order valence-corrected chi connectivity index (χ1v) is 14.2. The summed E-state index contributed by atoms with van der Waals surface area (Å²) in [5, 5.41) is 33.6. The fraction of sp³-hybridized carbons (Fsp3) is 0.871. The van der Waals surface area contributed by atoms with Crippen molar-refractivity contribution in [2.75, 3.05) is 0 Å². The van der Waals surface area contributed by atoms with Crippen molar-refractivity contribution in [3.8, 4) is 0 Å². The van der Waals surface area contributed by atoms with E-state index < -0.39 is 17.0 Å². The summed E-state index contributed by atoms with van der Waals surface area (Å²) in [4.78, 5) is 12.9. The molecule has 36 heavy (non-hydrogen) atoms. The van der Waals surface area contributed by atoms with Gasteiger partial charge in [0, 0.05) is 44.7 Å². The first kappa shape index (κ1) is 29.2. The Balaban J connectivity index is 0.00000304. The van der Waals surface area contributed by atoms with Crippen LogP contribution in [0.15, 0.2) is 11.6 Å². The molecule has 0 aliphatic heterocycles. The number of rotatable bonds is 1. The van der Waals surface area contributed by atoms with E-state index in [1.807, 2.05) is 6.92 Å². The third-order valence-corrected chi connectivity index (χ3v) is 13.5. The summed E-state index contributed by atoms with van der Waals surface area (Å²) in [5.41, 5.74) is -1.02. The van der Waals surface area contributed by atoms with Gasteiger partial charge in [0.25, 0.3) is 0 Å². The Hall–Kier alpha value is 0.234. The second-order valence-electron chi connectivity index (χ2n) is 15.0. The molecular weight excluding hydrogens is 525 g/mol. The molecule has 12 unspecified atom stereocenters. The molecule has 0 spiro atoms. The number of aliphatic carboxylic acids is 1. The van der Waals surface area contributed by atoms with Crippen LogP contribution in [0.1, 0.15) is 99.8 Å². The molecule has 12 atom stereocenters. The molecule has 5 aliphatic carbocycles. The zero-order chi connectivity index (χ0) is 26.0. The van der Waals surface area contributed by atoms with E-state index in [2.05, 4.69) is 54.5 Å². The number of allylic oxidation sites excluding steroid dienone is 1. The van der Waals surface area contributed by atoms with Crippen LogP contribution in [0.5, 0.6) is 0 Å². The van der Waals surface area contributed by atoms with Crippen LogP contribution in [-0.4, -0.2) is 33.0 Å². The SMILES string of the molecule is [CH2-]C1(C)C(O)C(C)CC2(C)C1CCC1(C)C2CC=C2C3C(C(=O)O)(CCC(C)C3(C)O)CCC21C.[Y]. The molecule has 201 valence electrons. The van der Waals surface area contributed by atoms with Gasteiger partial charge in [-0.15, -0.1) is 5.41 Å². The molecule has 0 aromatic rings. The van der Waals surface area contributed by atoms with Gasteiger partial charge in [-0.05, 0) is 85.9 Å². The zero-order valence-corrected chi connectivity index (χ0v) is 26.6. The number of aliphatic hydroxyl groups is 2. The maximum absolute atomic E-state index is 12.9.